The second-order valence-corrected chi connectivity index (χ2v) is 5.17. The van der Waals surface area contributed by atoms with E-state index in [1.54, 1.807) is 7.11 Å². The molecule has 0 amide bonds. The van der Waals surface area contributed by atoms with E-state index < -0.39 is 0 Å². The minimum atomic E-state index is 0.601. The molecule has 1 aliphatic rings. The summed E-state index contributed by atoms with van der Waals surface area (Å²) in [7, 11) is 1.69. The van der Waals surface area contributed by atoms with E-state index in [-0.39, 0.29) is 0 Å². The summed E-state index contributed by atoms with van der Waals surface area (Å²) in [4.78, 5) is 0. The Morgan fingerprint density at radius 1 is 1.44 bits per heavy atom. The van der Waals surface area contributed by atoms with Gasteiger partial charge in [0.1, 0.15) is 5.75 Å². The molecule has 1 unspecified atom stereocenters. The number of hydrogen-bond acceptors (Lipinski definition) is 3. The summed E-state index contributed by atoms with van der Waals surface area (Å²) in [6.07, 6.45) is 3.90. The average Bonchev–Trinajstić information content (AvgIpc) is 2.40. The monoisotopic (exact) mass is 268 g/mol. The number of methoxy groups -OCH3 is 1. The predicted octanol–water partition coefficient (Wildman–Crippen LogP) is 2.58. The molecule has 100 valence electrons. The Hall–Kier alpha value is -0.770. The molecular formula is C14H21ClN2O. The molecule has 2 N–H and O–H groups in total. The fraction of sp³-hybridized carbons (Fsp3) is 0.571. The Kier molecular flexibility index (Phi) is 5.29. The third kappa shape index (κ3) is 3.87. The highest BCUT2D eigenvalue weighted by atomic mass is 35.5. The Morgan fingerprint density at radius 2 is 2.33 bits per heavy atom. The Morgan fingerprint density at radius 3 is 3.06 bits per heavy atom. The maximum Gasteiger partial charge on any atom is 0.123 e. The molecule has 3 nitrogen and oxygen atoms in total. The van der Waals surface area contributed by atoms with Crippen LogP contribution in [0.3, 0.4) is 0 Å². The molecule has 2 rings (SSSR count). The summed E-state index contributed by atoms with van der Waals surface area (Å²) in [5, 5.41) is 7.75. The van der Waals surface area contributed by atoms with Crippen LogP contribution in [-0.4, -0.2) is 26.2 Å². The maximum absolute atomic E-state index is 6.01. The smallest absolute Gasteiger partial charge is 0.123 e. The molecule has 0 bridgehead atoms. The lowest BCUT2D eigenvalue weighted by molar-refractivity contribution is 0.378. The van der Waals surface area contributed by atoms with Gasteiger partial charge in [-0.15, -0.1) is 0 Å². The number of rotatable bonds is 5. The lowest BCUT2D eigenvalue weighted by Crippen LogP contribution is -2.41. The van der Waals surface area contributed by atoms with Crippen LogP contribution in [0.1, 0.15) is 24.8 Å². The molecule has 0 spiro atoms. The van der Waals surface area contributed by atoms with Crippen molar-refractivity contribution in [2.75, 3.05) is 20.2 Å². The molecule has 0 aliphatic carbocycles. The van der Waals surface area contributed by atoms with E-state index in [9.17, 15) is 0 Å². The standard InChI is InChI=1S/C14H21ClN2O/c1-18-14-6-5-12(15)8-11(14)9-16-10-13-4-2-3-7-17-13/h5-6,8,13,16-17H,2-4,7,9-10H2,1H3. The normalized spacial score (nSPS) is 19.8. The van der Waals surface area contributed by atoms with Crippen LogP contribution in [0.5, 0.6) is 5.75 Å². The van der Waals surface area contributed by atoms with Gasteiger partial charge in [-0.1, -0.05) is 18.0 Å². The third-order valence-corrected chi connectivity index (χ3v) is 3.60. The van der Waals surface area contributed by atoms with Crippen molar-refractivity contribution in [3.63, 3.8) is 0 Å². The average molecular weight is 269 g/mol. The van der Waals surface area contributed by atoms with Crippen LogP contribution in [0.4, 0.5) is 0 Å². The molecule has 1 fully saturated rings. The van der Waals surface area contributed by atoms with E-state index in [0.717, 1.165) is 36.0 Å². The summed E-state index contributed by atoms with van der Waals surface area (Å²) < 4.78 is 5.33. The summed E-state index contributed by atoms with van der Waals surface area (Å²) in [5.74, 6) is 0.892. The van der Waals surface area contributed by atoms with E-state index in [4.69, 9.17) is 16.3 Å². The fourth-order valence-electron chi connectivity index (χ4n) is 2.36. The summed E-state index contributed by atoms with van der Waals surface area (Å²) in [6, 6.07) is 6.33. The minimum absolute atomic E-state index is 0.601. The van der Waals surface area contributed by atoms with Gasteiger partial charge in [-0.05, 0) is 37.6 Å². The molecule has 1 aromatic carbocycles. The van der Waals surface area contributed by atoms with Crippen molar-refractivity contribution in [2.24, 2.45) is 0 Å². The predicted molar refractivity (Wildman–Crippen MR) is 75.4 cm³/mol. The molecule has 1 atom stereocenters. The van der Waals surface area contributed by atoms with Crippen LogP contribution < -0.4 is 15.4 Å². The van der Waals surface area contributed by atoms with Gasteiger partial charge in [0.2, 0.25) is 0 Å². The molecule has 1 saturated heterocycles. The van der Waals surface area contributed by atoms with Gasteiger partial charge in [-0.3, -0.25) is 0 Å². The lowest BCUT2D eigenvalue weighted by Gasteiger charge is -2.23. The van der Waals surface area contributed by atoms with Gasteiger partial charge in [0.15, 0.2) is 0 Å². The third-order valence-electron chi connectivity index (χ3n) is 3.36. The van der Waals surface area contributed by atoms with Crippen molar-refractivity contribution in [3.05, 3.63) is 28.8 Å². The molecule has 0 aromatic heterocycles. The van der Waals surface area contributed by atoms with Gasteiger partial charge in [0, 0.05) is 29.7 Å². The lowest BCUT2D eigenvalue weighted by atomic mass is 10.1. The molecule has 4 heteroatoms. The largest absolute Gasteiger partial charge is 0.496 e. The first-order valence-electron chi connectivity index (χ1n) is 6.56. The first-order chi connectivity index (χ1) is 8.79. The van der Waals surface area contributed by atoms with Crippen molar-refractivity contribution < 1.29 is 4.74 Å². The van der Waals surface area contributed by atoms with Gasteiger partial charge in [0.25, 0.3) is 0 Å². The Labute approximate surface area is 114 Å². The first kappa shape index (κ1) is 13.7. The number of ether oxygens (including phenoxy) is 1. The summed E-state index contributed by atoms with van der Waals surface area (Å²) in [5.41, 5.74) is 1.11. The zero-order valence-electron chi connectivity index (χ0n) is 10.8. The highest BCUT2D eigenvalue weighted by molar-refractivity contribution is 6.30. The highest BCUT2D eigenvalue weighted by Crippen LogP contribution is 2.22. The van der Waals surface area contributed by atoms with Crippen LogP contribution in [0.25, 0.3) is 0 Å². The van der Waals surface area contributed by atoms with E-state index in [1.807, 2.05) is 18.2 Å². The second kappa shape index (κ2) is 6.98. The SMILES string of the molecule is COc1ccc(Cl)cc1CNCC1CCCCN1. The molecule has 0 saturated carbocycles. The van der Waals surface area contributed by atoms with E-state index in [0.29, 0.717) is 6.04 Å². The second-order valence-electron chi connectivity index (χ2n) is 4.73. The van der Waals surface area contributed by atoms with Crippen molar-refractivity contribution in [2.45, 2.75) is 31.8 Å². The Bertz CT molecular complexity index is 378. The van der Waals surface area contributed by atoms with Crippen LogP contribution >= 0.6 is 11.6 Å². The number of hydrogen-bond donors (Lipinski definition) is 2. The summed E-state index contributed by atoms with van der Waals surface area (Å²) >= 11 is 6.01. The first-order valence-corrected chi connectivity index (χ1v) is 6.94. The van der Waals surface area contributed by atoms with Crippen molar-refractivity contribution >= 4 is 11.6 Å². The minimum Gasteiger partial charge on any atom is -0.496 e. The number of piperidine rings is 1. The zero-order valence-corrected chi connectivity index (χ0v) is 11.6. The molecular weight excluding hydrogens is 248 g/mol. The molecule has 1 aliphatic heterocycles. The van der Waals surface area contributed by atoms with Crippen molar-refractivity contribution in [3.8, 4) is 5.75 Å². The van der Waals surface area contributed by atoms with Gasteiger partial charge in [0.05, 0.1) is 7.11 Å². The topological polar surface area (TPSA) is 33.3 Å². The summed E-state index contributed by atoms with van der Waals surface area (Å²) in [6.45, 7) is 2.93. The van der Waals surface area contributed by atoms with Crippen LogP contribution in [0, 0.1) is 0 Å². The van der Waals surface area contributed by atoms with E-state index >= 15 is 0 Å². The highest BCUT2D eigenvalue weighted by Gasteiger charge is 2.12. The van der Waals surface area contributed by atoms with Crippen LogP contribution in [-0.2, 0) is 6.54 Å². The van der Waals surface area contributed by atoms with E-state index in [2.05, 4.69) is 10.6 Å². The number of nitrogens with one attached hydrogen (secondary N) is 2. The van der Waals surface area contributed by atoms with Crippen molar-refractivity contribution in [1.29, 1.82) is 0 Å². The fourth-order valence-corrected chi connectivity index (χ4v) is 2.56. The van der Waals surface area contributed by atoms with Crippen LogP contribution in [0.2, 0.25) is 5.02 Å². The molecule has 0 radical (unpaired) electrons. The molecule has 18 heavy (non-hydrogen) atoms. The maximum atomic E-state index is 6.01. The quantitative estimate of drug-likeness (QED) is 0.861. The van der Waals surface area contributed by atoms with Crippen molar-refractivity contribution in [1.82, 2.24) is 10.6 Å². The van der Waals surface area contributed by atoms with Gasteiger partial charge < -0.3 is 15.4 Å². The zero-order chi connectivity index (χ0) is 12.8. The van der Waals surface area contributed by atoms with Crippen LogP contribution in [0.15, 0.2) is 18.2 Å². The Balaban J connectivity index is 1.83. The number of halogens is 1. The molecule has 1 heterocycles. The van der Waals surface area contributed by atoms with Gasteiger partial charge >= 0.3 is 0 Å². The van der Waals surface area contributed by atoms with E-state index in [1.165, 1.54) is 19.3 Å². The van der Waals surface area contributed by atoms with Gasteiger partial charge in [-0.25, -0.2) is 0 Å². The molecule has 1 aromatic rings. The van der Waals surface area contributed by atoms with Gasteiger partial charge in [-0.2, -0.15) is 0 Å². The number of benzene rings is 1.